The number of likely N-dealkylation sites (tertiary alicyclic amines) is 1. The van der Waals surface area contributed by atoms with Gasteiger partial charge in [0.15, 0.2) is 0 Å². The number of nitrogens with one attached hydrogen (secondary N) is 1. The van der Waals surface area contributed by atoms with Crippen LogP contribution in [0.15, 0.2) is 18.3 Å². The van der Waals surface area contributed by atoms with Crippen molar-refractivity contribution < 1.29 is 0 Å². The molecular formula is C14H23N3. The van der Waals surface area contributed by atoms with Crippen molar-refractivity contribution in [3.05, 3.63) is 29.6 Å². The Morgan fingerprint density at radius 1 is 1.29 bits per heavy atom. The highest BCUT2D eigenvalue weighted by Crippen LogP contribution is 2.23. The zero-order valence-electron chi connectivity index (χ0n) is 11.1. The van der Waals surface area contributed by atoms with Gasteiger partial charge in [-0.1, -0.05) is 19.9 Å². The van der Waals surface area contributed by atoms with E-state index < -0.39 is 0 Å². The second kappa shape index (κ2) is 5.61. The van der Waals surface area contributed by atoms with Crippen LogP contribution in [0, 0.1) is 11.8 Å². The molecule has 1 N–H and O–H groups in total. The van der Waals surface area contributed by atoms with Crippen molar-refractivity contribution in [2.45, 2.75) is 26.9 Å². The van der Waals surface area contributed by atoms with Crippen molar-refractivity contribution in [1.82, 2.24) is 15.2 Å². The Balaban J connectivity index is 1.91. The summed E-state index contributed by atoms with van der Waals surface area (Å²) in [6.07, 6.45) is 1.98. The van der Waals surface area contributed by atoms with Gasteiger partial charge in [0.25, 0.3) is 0 Å². The van der Waals surface area contributed by atoms with Gasteiger partial charge in [0.2, 0.25) is 0 Å². The normalized spacial score (nSPS) is 25.4. The molecule has 17 heavy (non-hydrogen) atoms. The van der Waals surface area contributed by atoms with E-state index in [0.29, 0.717) is 0 Å². The number of hydrogen-bond acceptors (Lipinski definition) is 3. The summed E-state index contributed by atoms with van der Waals surface area (Å²) in [6, 6.07) is 4.32. The van der Waals surface area contributed by atoms with E-state index in [0.717, 1.165) is 24.9 Å². The van der Waals surface area contributed by atoms with E-state index >= 15 is 0 Å². The Morgan fingerprint density at radius 2 is 2.00 bits per heavy atom. The fourth-order valence-corrected chi connectivity index (χ4v) is 2.46. The molecule has 0 bridgehead atoms. The second-order valence-electron chi connectivity index (χ2n) is 5.34. The zero-order valence-corrected chi connectivity index (χ0v) is 11.1. The molecule has 0 spiro atoms. The molecule has 94 valence electrons. The van der Waals surface area contributed by atoms with E-state index in [1.807, 2.05) is 13.2 Å². The van der Waals surface area contributed by atoms with Gasteiger partial charge >= 0.3 is 0 Å². The molecule has 2 atom stereocenters. The molecule has 1 aliphatic heterocycles. The minimum absolute atomic E-state index is 0.818. The van der Waals surface area contributed by atoms with Gasteiger partial charge in [-0.05, 0) is 30.5 Å². The van der Waals surface area contributed by atoms with E-state index in [1.54, 1.807) is 0 Å². The Kier molecular flexibility index (Phi) is 4.13. The van der Waals surface area contributed by atoms with Crippen LogP contribution >= 0.6 is 0 Å². The summed E-state index contributed by atoms with van der Waals surface area (Å²) >= 11 is 0. The molecule has 1 aromatic heterocycles. The molecule has 0 radical (unpaired) electrons. The Hall–Kier alpha value is -0.930. The maximum absolute atomic E-state index is 4.53. The van der Waals surface area contributed by atoms with E-state index in [9.17, 15) is 0 Å². The summed E-state index contributed by atoms with van der Waals surface area (Å²) < 4.78 is 0. The minimum atomic E-state index is 0.818. The van der Waals surface area contributed by atoms with Crippen LogP contribution in [0.3, 0.4) is 0 Å². The molecule has 0 aliphatic carbocycles. The van der Waals surface area contributed by atoms with Crippen molar-refractivity contribution >= 4 is 0 Å². The van der Waals surface area contributed by atoms with Gasteiger partial charge in [0.1, 0.15) is 0 Å². The number of aromatic nitrogens is 1. The van der Waals surface area contributed by atoms with Crippen molar-refractivity contribution in [3.8, 4) is 0 Å². The monoisotopic (exact) mass is 233 g/mol. The zero-order chi connectivity index (χ0) is 12.3. The van der Waals surface area contributed by atoms with Gasteiger partial charge in [-0.2, -0.15) is 0 Å². The van der Waals surface area contributed by atoms with Gasteiger partial charge < -0.3 is 5.32 Å². The number of hydrogen-bond donors (Lipinski definition) is 1. The number of pyridine rings is 1. The highest BCUT2D eigenvalue weighted by Gasteiger charge is 2.25. The molecule has 1 aromatic rings. The second-order valence-corrected chi connectivity index (χ2v) is 5.34. The third kappa shape index (κ3) is 3.27. The van der Waals surface area contributed by atoms with E-state index in [1.165, 1.54) is 24.3 Å². The largest absolute Gasteiger partial charge is 0.316 e. The quantitative estimate of drug-likeness (QED) is 0.861. The van der Waals surface area contributed by atoms with Crippen molar-refractivity contribution in [2.24, 2.45) is 11.8 Å². The molecule has 3 nitrogen and oxygen atoms in total. The maximum atomic E-state index is 4.53. The van der Waals surface area contributed by atoms with Crippen LogP contribution in [0.2, 0.25) is 0 Å². The predicted molar refractivity (Wildman–Crippen MR) is 70.6 cm³/mol. The third-order valence-corrected chi connectivity index (χ3v) is 3.72. The topological polar surface area (TPSA) is 28.2 Å². The highest BCUT2D eigenvalue weighted by molar-refractivity contribution is 5.14. The SMILES string of the molecule is CNCc1ccc(CN2CC(C)C(C)C2)nc1. The Morgan fingerprint density at radius 3 is 2.53 bits per heavy atom. The van der Waals surface area contributed by atoms with Crippen LogP contribution in [0.1, 0.15) is 25.1 Å². The summed E-state index contributed by atoms with van der Waals surface area (Å²) in [4.78, 5) is 7.04. The summed E-state index contributed by atoms with van der Waals surface area (Å²) in [6.45, 7) is 8.99. The van der Waals surface area contributed by atoms with Gasteiger partial charge in [-0.25, -0.2) is 0 Å². The molecular weight excluding hydrogens is 210 g/mol. The smallest absolute Gasteiger partial charge is 0.0544 e. The highest BCUT2D eigenvalue weighted by atomic mass is 15.2. The van der Waals surface area contributed by atoms with Gasteiger partial charge in [0.05, 0.1) is 5.69 Å². The summed E-state index contributed by atoms with van der Waals surface area (Å²) in [5, 5.41) is 3.14. The standard InChI is InChI=1S/C14H23N3/c1-11-8-17(9-12(11)2)10-14-5-4-13(6-15-3)7-16-14/h4-5,7,11-12,15H,6,8-10H2,1-3H3. The molecule has 0 aromatic carbocycles. The lowest BCUT2D eigenvalue weighted by Crippen LogP contribution is -2.20. The first-order chi connectivity index (χ1) is 8.19. The first-order valence-electron chi connectivity index (χ1n) is 6.50. The summed E-state index contributed by atoms with van der Waals surface area (Å²) in [5.74, 6) is 1.64. The summed E-state index contributed by atoms with van der Waals surface area (Å²) in [5.41, 5.74) is 2.44. The van der Waals surface area contributed by atoms with Crippen LogP contribution in [-0.2, 0) is 13.1 Å². The van der Waals surface area contributed by atoms with E-state index in [-0.39, 0.29) is 0 Å². The molecule has 1 aliphatic rings. The summed E-state index contributed by atoms with van der Waals surface area (Å²) in [7, 11) is 1.96. The van der Waals surface area contributed by atoms with Crippen molar-refractivity contribution in [2.75, 3.05) is 20.1 Å². The van der Waals surface area contributed by atoms with Gasteiger partial charge in [0, 0.05) is 32.4 Å². The van der Waals surface area contributed by atoms with Gasteiger partial charge in [-0.3, -0.25) is 9.88 Å². The number of rotatable bonds is 4. The fourth-order valence-electron chi connectivity index (χ4n) is 2.46. The van der Waals surface area contributed by atoms with Crippen LogP contribution in [0.4, 0.5) is 0 Å². The Labute approximate surface area is 104 Å². The van der Waals surface area contributed by atoms with Crippen LogP contribution in [0.5, 0.6) is 0 Å². The fraction of sp³-hybridized carbons (Fsp3) is 0.643. The average Bonchev–Trinajstić information content (AvgIpc) is 2.61. The molecule has 0 amide bonds. The van der Waals surface area contributed by atoms with Crippen LogP contribution < -0.4 is 5.32 Å². The predicted octanol–water partition coefficient (Wildman–Crippen LogP) is 1.89. The third-order valence-electron chi connectivity index (χ3n) is 3.72. The first-order valence-corrected chi connectivity index (χ1v) is 6.50. The van der Waals surface area contributed by atoms with Crippen LogP contribution in [0.25, 0.3) is 0 Å². The first kappa shape index (κ1) is 12.5. The van der Waals surface area contributed by atoms with E-state index in [4.69, 9.17) is 0 Å². The maximum Gasteiger partial charge on any atom is 0.0544 e. The molecule has 2 heterocycles. The van der Waals surface area contributed by atoms with E-state index in [2.05, 4.69) is 41.2 Å². The molecule has 0 saturated carbocycles. The lowest BCUT2D eigenvalue weighted by atomic mass is 10.0. The van der Waals surface area contributed by atoms with Crippen molar-refractivity contribution in [3.63, 3.8) is 0 Å². The van der Waals surface area contributed by atoms with Crippen molar-refractivity contribution in [1.29, 1.82) is 0 Å². The average molecular weight is 233 g/mol. The minimum Gasteiger partial charge on any atom is -0.316 e. The number of nitrogens with zero attached hydrogens (tertiary/aromatic N) is 2. The molecule has 1 saturated heterocycles. The Bertz CT molecular complexity index is 337. The molecule has 1 fully saturated rings. The van der Waals surface area contributed by atoms with Gasteiger partial charge in [-0.15, -0.1) is 0 Å². The molecule has 2 unspecified atom stereocenters. The molecule has 3 heteroatoms. The van der Waals surface area contributed by atoms with Crippen LogP contribution in [-0.4, -0.2) is 30.0 Å². The lowest BCUT2D eigenvalue weighted by Gasteiger charge is -2.14. The molecule has 2 rings (SSSR count). The lowest BCUT2D eigenvalue weighted by molar-refractivity contribution is 0.312.